The number of carbonyl (C=O) groups excluding carboxylic acids is 2. The zero-order valence-corrected chi connectivity index (χ0v) is 15.9. The van der Waals surface area contributed by atoms with E-state index in [1.807, 2.05) is 75.4 Å². The summed E-state index contributed by atoms with van der Waals surface area (Å²) in [7, 11) is 0. The molecule has 0 aliphatic carbocycles. The molecule has 1 fully saturated rings. The van der Waals surface area contributed by atoms with Crippen molar-refractivity contribution in [2.45, 2.75) is 43.0 Å². The van der Waals surface area contributed by atoms with E-state index in [9.17, 15) is 9.59 Å². The highest BCUT2D eigenvalue weighted by molar-refractivity contribution is 8.01. The molecule has 3 atom stereocenters. The Morgan fingerprint density at radius 1 is 1.12 bits per heavy atom. The third-order valence-electron chi connectivity index (χ3n) is 5.20. The normalized spacial score (nSPS) is 24.1. The standard InChI is InChI=1S/C21H22N2O2S/c1-13(14-9-5-4-6-10-14)22-18(24)17-21(2,3)26-20-16-12-8-7-11-15(16)19(25)23(17)20/h4-13,17,20H,1-3H3,(H,22,24)/t13-,17+,20-/m0/s1. The zero-order chi connectivity index (χ0) is 18.5. The van der Waals surface area contributed by atoms with Crippen LogP contribution in [0.15, 0.2) is 54.6 Å². The average molecular weight is 366 g/mol. The Morgan fingerprint density at radius 2 is 1.77 bits per heavy atom. The van der Waals surface area contributed by atoms with Gasteiger partial charge in [0.05, 0.1) is 6.04 Å². The van der Waals surface area contributed by atoms with E-state index in [-0.39, 0.29) is 28.0 Å². The van der Waals surface area contributed by atoms with E-state index < -0.39 is 6.04 Å². The summed E-state index contributed by atoms with van der Waals surface area (Å²) in [6, 6.07) is 17.0. The lowest BCUT2D eigenvalue weighted by molar-refractivity contribution is -0.126. The predicted molar refractivity (Wildman–Crippen MR) is 104 cm³/mol. The molecule has 2 aliphatic rings. The van der Waals surface area contributed by atoms with Crippen molar-refractivity contribution in [1.82, 2.24) is 10.2 Å². The number of thioether (sulfide) groups is 1. The number of hydrogen-bond donors (Lipinski definition) is 1. The fraction of sp³-hybridized carbons (Fsp3) is 0.333. The van der Waals surface area contributed by atoms with E-state index in [4.69, 9.17) is 0 Å². The van der Waals surface area contributed by atoms with Gasteiger partial charge in [0.2, 0.25) is 5.91 Å². The van der Waals surface area contributed by atoms with Gasteiger partial charge in [-0.3, -0.25) is 9.59 Å². The van der Waals surface area contributed by atoms with Crippen LogP contribution in [0.2, 0.25) is 0 Å². The maximum Gasteiger partial charge on any atom is 0.256 e. The molecule has 5 heteroatoms. The second-order valence-corrected chi connectivity index (χ2v) is 9.15. The van der Waals surface area contributed by atoms with Crippen molar-refractivity contribution in [2.24, 2.45) is 0 Å². The van der Waals surface area contributed by atoms with Gasteiger partial charge >= 0.3 is 0 Å². The minimum absolute atomic E-state index is 0.0452. The van der Waals surface area contributed by atoms with Crippen LogP contribution in [0.25, 0.3) is 0 Å². The molecule has 0 radical (unpaired) electrons. The first-order valence-corrected chi connectivity index (χ1v) is 9.73. The molecule has 0 aromatic heterocycles. The lowest BCUT2D eigenvalue weighted by atomic mass is 9.99. The number of amides is 2. The van der Waals surface area contributed by atoms with Crippen molar-refractivity contribution in [3.05, 3.63) is 71.3 Å². The SMILES string of the molecule is C[C@H](NC(=O)[C@H]1N2C(=O)c3ccccc3[C@@H]2SC1(C)C)c1ccccc1. The lowest BCUT2D eigenvalue weighted by Gasteiger charge is -2.30. The number of fused-ring (bicyclic) bond motifs is 3. The molecule has 4 nitrogen and oxygen atoms in total. The molecule has 2 aliphatic heterocycles. The summed E-state index contributed by atoms with van der Waals surface area (Å²) in [5, 5.41) is 3.02. The van der Waals surface area contributed by atoms with E-state index in [2.05, 4.69) is 5.32 Å². The number of carbonyl (C=O) groups is 2. The Bertz CT molecular complexity index is 865. The quantitative estimate of drug-likeness (QED) is 0.896. The minimum atomic E-state index is -0.497. The van der Waals surface area contributed by atoms with Crippen LogP contribution in [-0.4, -0.2) is 27.5 Å². The summed E-state index contributed by atoms with van der Waals surface area (Å²) in [4.78, 5) is 27.9. The molecule has 2 amide bonds. The maximum absolute atomic E-state index is 13.2. The average Bonchev–Trinajstić information content (AvgIpc) is 3.06. The molecule has 0 saturated carbocycles. The number of benzene rings is 2. The van der Waals surface area contributed by atoms with Gasteiger partial charge in [0.15, 0.2) is 0 Å². The van der Waals surface area contributed by atoms with Gasteiger partial charge in [-0.1, -0.05) is 48.5 Å². The fourth-order valence-electron chi connectivity index (χ4n) is 3.92. The molecule has 1 saturated heterocycles. The largest absolute Gasteiger partial charge is 0.348 e. The summed E-state index contributed by atoms with van der Waals surface area (Å²) in [6.45, 7) is 6.06. The van der Waals surface area contributed by atoms with Crippen molar-refractivity contribution in [3.63, 3.8) is 0 Å². The van der Waals surface area contributed by atoms with Crippen molar-refractivity contribution < 1.29 is 9.59 Å². The fourth-order valence-corrected chi connectivity index (χ4v) is 5.51. The highest BCUT2D eigenvalue weighted by Gasteiger charge is 2.57. The molecule has 0 spiro atoms. The highest BCUT2D eigenvalue weighted by Crippen LogP contribution is 2.56. The van der Waals surface area contributed by atoms with Crippen LogP contribution in [0, 0.1) is 0 Å². The van der Waals surface area contributed by atoms with Crippen LogP contribution in [0.5, 0.6) is 0 Å². The first-order chi connectivity index (χ1) is 12.4. The summed E-state index contributed by atoms with van der Waals surface area (Å²) >= 11 is 1.69. The van der Waals surface area contributed by atoms with E-state index in [0.29, 0.717) is 0 Å². The number of nitrogens with zero attached hydrogens (tertiary/aromatic N) is 1. The van der Waals surface area contributed by atoms with Gasteiger partial charge in [-0.2, -0.15) is 0 Å². The maximum atomic E-state index is 13.2. The lowest BCUT2D eigenvalue weighted by Crippen LogP contribution is -2.52. The molecule has 1 N–H and O–H groups in total. The second-order valence-electron chi connectivity index (χ2n) is 7.42. The summed E-state index contributed by atoms with van der Waals surface area (Å²) in [5.74, 6) is -0.140. The molecule has 2 heterocycles. The second kappa shape index (κ2) is 6.16. The Morgan fingerprint density at radius 3 is 2.50 bits per heavy atom. The molecule has 2 aromatic carbocycles. The summed E-state index contributed by atoms with van der Waals surface area (Å²) in [6.07, 6.45) is 0. The third kappa shape index (κ3) is 2.62. The Balaban J connectivity index is 1.62. The molecular weight excluding hydrogens is 344 g/mol. The molecular formula is C21H22N2O2S. The van der Waals surface area contributed by atoms with Crippen LogP contribution >= 0.6 is 11.8 Å². The molecule has 0 unspecified atom stereocenters. The first kappa shape index (κ1) is 17.2. The molecule has 26 heavy (non-hydrogen) atoms. The topological polar surface area (TPSA) is 49.4 Å². The summed E-state index contributed by atoms with van der Waals surface area (Å²) < 4.78 is -0.353. The van der Waals surface area contributed by atoms with Gasteiger partial charge in [0.1, 0.15) is 11.4 Å². The van der Waals surface area contributed by atoms with Crippen LogP contribution in [0.1, 0.15) is 53.7 Å². The minimum Gasteiger partial charge on any atom is -0.348 e. The third-order valence-corrected chi connectivity index (χ3v) is 6.74. The van der Waals surface area contributed by atoms with E-state index >= 15 is 0 Å². The van der Waals surface area contributed by atoms with Gasteiger partial charge < -0.3 is 10.2 Å². The Hall–Kier alpha value is -2.27. The van der Waals surface area contributed by atoms with Gasteiger partial charge in [-0.25, -0.2) is 0 Å². The van der Waals surface area contributed by atoms with Crippen LogP contribution in [-0.2, 0) is 4.79 Å². The Labute approximate surface area is 158 Å². The van der Waals surface area contributed by atoms with E-state index in [0.717, 1.165) is 16.7 Å². The van der Waals surface area contributed by atoms with Gasteiger partial charge in [-0.05, 0) is 38.0 Å². The van der Waals surface area contributed by atoms with Crippen molar-refractivity contribution >= 4 is 23.6 Å². The van der Waals surface area contributed by atoms with Gasteiger partial charge in [-0.15, -0.1) is 11.8 Å². The molecule has 4 rings (SSSR count). The van der Waals surface area contributed by atoms with Crippen molar-refractivity contribution in [2.75, 3.05) is 0 Å². The zero-order valence-electron chi connectivity index (χ0n) is 15.1. The van der Waals surface area contributed by atoms with Crippen LogP contribution in [0.4, 0.5) is 0 Å². The number of hydrogen-bond acceptors (Lipinski definition) is 3. The summed E-state index contributed by atoms with van der Waals surface area (Å²) in [5.41, 5.74) is 2.79. The molecule has 134 valence electrons. The van der Waals surface area contributed by atoms with E-state index in [1.165, 1.54) is 0 Å². The van der Waals surface area contributed by atoms with E-state index in [1.54, 1.807) is 16.7 Å². The van der Waals surface area contributed by atoms with Crippen molar-refractivity contribution in [1.29, 1.82) is 0 Å². The predicted octanol–water partition coefficient (Wildman–Crippen LogP) is 3.91. The molecule has 0 bridgehead atoms. The number of nitrogens with one attached hydrogen (secondary N) is 1. The van der Waals surface area contributed by atoms with Gasteiger partial charge in [0.25, 0.3) is 5.91 Å². The van der Waals surface area contributed by atoms with Crippen molar-refractivity contribution in [3.8, 4) is 0 Å². The van der Waals surface area contributed by atoms with Crippen LogP contribution in [0.3, 0.4) is 0 Å². The Kier molecular flexibility index (Phi) is 4.07. The van der Waals surface area contributed by atoms with Crippen LogP contribution < -0.4 is 5.32 Å². The first-order valence-electron chi connectivity index (χ1n) is 8.85. The number of rotatable bonds is 3. The van der Waals surface area contributed by atoms with Gasteiger partial charge in [0, 0.05) is 10.3 Å². The molecule has 2 aromatic rings. The monoisotopic (exact) mass is 366 g/mol. The highest BCUT2D eigenvalue weighted by atomic mass is 32.2. The smallest absolute Gasteiger partial charge is 0.256 e.